The first-order valence-electron chi connectivity index (χ1n) is 18.9. The largest absolute Gasteiger partial charge is 0.310 e. The number of para-hydroxylation sites is 1. The molecule has 0 fully saturated rings. The third-order valence-corrected chi connectivity index (χ3v) is 10.8. The van der Waals surface area contributed by atoms with Crippen LogP contribution in [0.3, 0.4) is 0 Å². The summed E-state index contributed by atoms with van der Waals surface area (Å²) in [5.74, 6) is 0. The van der Waals surface area contributed by atoms with Crippen LogP contribution in [0.4, 0.5) is 17.1 Å². The van der Waals surface area contributed by atoms with Crippen LogP contribution in [0.1, 0.15) is 0 Å². The van der Waals surface area contributed by atoms with Crippen LogP contribution in [0.15, 0.2) is 224 Å². The van der Waals surface area contributed by atoms with Crippen molar-refractivity contribution in [1.82, 2.24) is 0 Å². The Hall–Kier alpha value is -7.22. The van der Waals surface area contributed by atoms with Gasteiger partial charge in [0.1, 0.15) is 0 Å². The maximum Gasteiger partial charge on any atom is 0.0540 e. The summed E-state index contributed by atoms with van der Waals surface area (Å²) in [5, 5.41) is 7.51. The predicted molar refractivity (Wildman–Crippen MR) is 235 cm³/mol. The third kappa shape index (κ3) is 6.12. The molecule has 0 amide bonds. The van der Waals surface area contributed by atoms with Gasteiger partial charge in [-0.1, -0.05) is 176 Å². The molecule has 1 heteroatoms. The van der Waals surface area contributed by atoms with Gasteiger partial charge in [-0.25, -0.2) is 0 Å². The van der Waals surface area contributed by atoms with Crippen LogP contribution in [-0.2, 0) is 0 Å². The maximum absolute atomic E-state index is 2.42. The molecule has 10 aromatic carbocycles. The van der Waals surface area contributed by atoms with Crippen molar-refractivity contribution in [2.45, 2.75) is 0 Å². The Balaban J connectivity index is 1.13. The van der Waals surface area contributed by atoms with Crippen molar-refractivity contribution in [3.05, 3.63) is 224 Å². The fourth-order valence-corrected chi connectivity index (χ4v) is 8.11. The Bertz CT molecular complexity index is 2980. The normalized spacial score (nSPS) is 11.3. The quantitative estimate of drug-likeness (QED) is 0.150. The molecular weight excluding hydrogens is 663 g/mol. The molecule has 0 saturated carbocycles. The van der Waals surface area contributed by atoms with Crippen LogP contribution in [0.2, 0.25) is 0 Å². The first kappa shape index (κ1) is 32.4. The number of anilines is 3. The summed E-state index contributed by atoms with van der Waals surface area (Å²) in [6.07, 6.45) is 0. The van der Waals surface area contributed by atoms with Crippen LogP contribution in [0, 0.1) is 0 Å². The lowest BCUT2D eigenvalue weighted by Gasteiger charge is -2.28. The van der Waals surface area contributed by atoms with Gasteiger partial charge in [-0.05, 0) is 120 Å². The van der Waals surface area contributed by atoms with Crippen molar-refractivity contribution in [3.63, 3.8) is 0 Å². The molecule has 55 heavy (non-hydrogen) atoms. The van der Waals surface area contributed by atoms with Crippen LogP contribution >= 0.6 is 0 Å². The van der Waals surface area contributed by atoms with Gasteiger partial charge in [0, 0.05) is 16.9 Å². The molecule has 0 radical (unpaired) electrons. The summed E-state index contributed by atoms with van der Waals surface area (Å²) in [4.78, 5) is 2.42. The molecule has 258 valence electrons. The van der Waals surface area contributed by atoms with E-state index in [9.17, 15) is 0 Å². The Labute approximate surface area is 322 Å². The molecule has 0 spiro atoms. The summed E-state index contributed by atoms with van der Waals surface area (Å²) in [6.45, 7) is 0. The number of rotatable bonds is 7. The zero-order valence-corrected chi connectivity index (χ0v) is 30.3. The molecule has 0 aliphatic rings. The first-order valence-corrected chi connectivity index (χ1v) is 18.9. The second-order valence-corrected chi connectivity index (χ2v) is 14.1. The van der Waals surface area contributed by atoms with Crippen molar-refractivity contribution in [1.29, 1.82) is 0 Å². The molecule has 1 nitrogen and oxygen atoms in total. The SMILES string of the molecule is c1ccc(-c2cccc(-c3ccc(N(c4cccc(-c5cc6ccccc6c6ccccc56)c4)c4ccccc4-c4ccc5ccccc5c4)cc3)c2)cc1. The molecule has 10 aromatic rings. The molecule has 0 bridgehead atoms. The summed E-state index contributed by atoms with van der Waals surface area (Å²) < 4.78 is 0. The monoisotopic (exact) mass is 699 g/mol. The molecule has 0 unspecified atom stereocenters. The predicted octanol–water partition coefficient (Wildman–Crippen LogP) is 15.3. The van der Waals surface area contributed by atoms with E-state index in [1.807, 2.05) is 0 Å². The van der Waals surface area contributed by atoms with Crippen molar-refractivity contribution in [2.75, 3.05) is 4.90 Å². The lowest BCUT2D eigenvalue weighted by atomic mass is 9.93. The summed E-state index contributed by atoms with van der Waals surface area (Å²) in [7, 11) is 0. The lowest BCUT2D eigenvalue weighted by Crippen LogP contribution is -2.11. The van der Waals surface area contributed by atoms with E-state index in [4.69, 9.17) is 0 Å². The van der Waals surface area contributed by atoms with Gasteiger partial charge < -0.3 is 4.90 Å². The number of fused-ring (bicyclic) bond motifs is 4. The van der Waals surface area contributed by atoms with Crippen LogP contribution < -0.4 is 4.90 Å². The van der Waals surface area contributed by atoms with Crippen LogP contribution in [0.5, 0.6) is 0 Å². The van der Waals surface area contributed by atoms with E-state index in [2.05, 4.69) is 229 Å². The minimum absolute atomic E-state index is 1.09. The highest BCUT2D eigenvalue weighted by molar-refractivity contribution is 6.14. The Morgan fingerprint density at radius 1 is 0.236 bits per heavy atom. The van der Waals surface area contributed by atoms with E-state index in [0.717, 1.165) is 17.1 Å². The number of hydrogen-bond acceptors (Lipinski definition) is 1. The molecule has 0 N–H and O–H groups in total. The molecule has 10 rings (SSSR count). The van der Waals surface area contributed by atoms with E-state index >= 15 is 0 Å². The van der Waals surface area contributed by atoms with Gasteiger partial charge in [0.15, 0.2) is 0 Å². The highest BCUT2D eigenvalue weighted by Gasteiger charge is 2.19. The van der Waals surface area contributed by atoms with Gasteiger partial charge >= 0.3 is 0 Å². The van der Waals surface area contributed by atoms with E-state index in [1.165, 1.54) is 76.8 Å². The van der Waals surface area contributed by atoms with E-state index in [-0.39, 0.29) is 0 Å². The standard InChI is InChI=1S/C54H37N/c1-2-14-38(15-3-1)42-19-12-20-43(34-42)40-30-32-47(33-31-40)55(54-27-11-10-24-50(54)46-29-28-39-16-4-5-17-41(39)35-46)48-22-13-21-44(36-48)53-37-45-18-6-7-23-49(45)51-25-8-9-26-52(51)53/h1-37H. The van der Waals surface area contributed by atoms with E-state index in [0.29, 0.717) is 0 Å². The third-order valence-electron chi connectivity index (χ3n) is 10.8. The molecule has 0 saturated heterocycles. The second-order valence-electron chi connectivity index (χ2n) is 14.1. The minimum atomic E-state index is 1.09. The van der Waals surface area contributed by atoms with Gasteiger partial charge in [-0.15, -0.1) is 0 Å². The summed E-state index contributed by atoms with van der Waals surface area (Å²) >= 11 is 0. The molecule has 0 aromatic heterocycles. The zero-order chi connectivity index (χ0) is 36.6. The average molecular weight is 700 g/mol. The Kier molecular flexibility index (Phi) is 8.24. The van der Waals surface area contributed by atoms with Crippen molar-refractivity contribution in [2.24, 2.45) is 0 Å². The van der Waals surface area contributed by atoms with Gasteiger partial charge in [0.25, 0.3) is 0 Å². The number of benzene rings is 10. The molecule has 0 heterocycles. The van der Waals surface area contributed by atoms with Crippen molar-refractivity contribution < 1.29 is 0 Å². The second kappa shape index (κ2) is 14.0. The summed E-state index contributed by atoms with van der Waals surface area (Å²) in [6, 6.07) is 81.5. The first-order chi connectivity index (χ1) is 27.3. The summed E-state index contributed by atoms with van der Waals surface area (Å²) in [5.41, 5.74) is 12.9. The molecule has 0 atom stereocenters. The fraction of sp³-hybridized carbons (Fsp3) is 0. The zero-order valence-electron chi connectivity index (χ0n) is 30.3. The van der Waals surface area contributed by atoms with Crippen LogP contribution in [0.25, 0.3) is 76.8 Å². The number of nitrogens with zero attached hydrogens (tertiary/aromatic N) is 1. The van der Waals surface area contributed by atoms with E-state index < -0.39 is 0 Å². The smallest absolute Gasteiger partial charge is 0.0540 e. The van der Waals surface area contributed by atoms with Crippen LogP contribution in [-0.4, -0.2) is 0 Å². The van der Waals surface area contributed by atoms with Gasteiger partial charge in [-0.3, -0.25) is 0 Å². The van der Waals surface area contributed by atoms with Gasteiger partial charge in [0.2, 0.25) is 0 Å². The van der Waals surface area contributed by atoms with Crippen molar-refractivity contribution >= 4 is 49.4 Å². The van der Waals surface area contributed by atoms with Crippen molar-refractivity contribution in [3.8, 4) is 44.5 Å². The Morgan fingerprint density at radius 3 is 1.62 bits per heavy atom. The maximum atomic E-state index is 2.42. The topological polar surface area (TPSA) is 3.24 Å². The number of hydrogen-bond donors (Lipinski definition) is 0. The highest BCUT2D eigenvalue weighted by Crippen LogP contribution is 2.44. The van der Waals surface area contributed by atoms with E-state index in [1.54, 1.807) is 0 Å². The average Bonchev–Trinajstić information content (AvgIpc) is 3.27. The molecule has 0 aliphatic carbocycles. The van der Waals surface area contributed by atoms with Gasteiger partial charge in [0.05, 0.1) is 5.69 Å². The Morgan fingerprint density at radius 2 is 0.800 bits per heavy atom. The van der Waals surface area contributed by atoms with Gasteiger partial charge in [-0.2, -0.15) is 0 Å². The fourth-order valence-electron chi connectivity index (χ4n) is 8.11. The lowest BCUT2D eigenvalue weighted by molar-refractivity contribution is 1.28. The molecule has 0 aliphatic heterocycles. The molecular formula is C54H37N. The minimum Gasteiger partial charge on any atom is -0.310 e. The highest BCUT2D eigenvalue weighted by atomic mass is 15.1.